The van der Waals surface area contributed by atoms with Gasteiger partial charge in [0.25, 0.3) is 15.0 Å². The molecule has 0 heterocycles. The zero-order chi connectivity index (χ0) is 14.0. The van der Waals surface area contributed by atoms with Crippen LogP contribution in [-0.2, 0) is 13.8 Å². The third-order valence-electron chi connectivity index (χ3n) is 2.47. The molecule has 19 heavy (non-hydrogen) atoms. The Morgan fingerprint density at radius 1 is 1.47 bits per heavy atom. The van der Waals surface area contributed by atoms with E-state index in [2.05, 4.69) is 21.2 Å². The van der Waals surface area contributed by atoms with Gasteiger partial charge in [-0.25, -0.2) is 8.42 Å². The van der Waals surface area contributed by atoms with Crippen molar-refractivity contribution in [1.82, 2.24) is 5.32 Å². The Morgan fingerprint density at radius 2 is 2.16 bits per heavy atom. The second-order valence-electron chi connectivity index (χ2n) is 4.16. The number of carbonyl (C=O) groups excluding carboxylic acids is 1. The molecule has 0 radical (unpaired) electrons. The van der Waals surface area contributed by atoms with Crippen molar-refractivity contribution >= 4 is 41.6 Å². The lowest BCUT2D eigenvalue weighted by Crippen LogP contribution is -2.30. The predicted octanol–water partition coefficient (Wildman–Crippen LogP) is 2.03. The Balaban J connectivity index is 2.08. The first-order chi connectivity index (χ1) is 8.86. The molecule has 2 rings (SSSR count). The van der Waals surface area contributed by atoms with Gasteiger partial charge < -0.3 is 10.1 Å². The van der Waals surface area contributed by atoms with Crippen LogP contribution in [0.5, 0.6) is 5.75 Å². The van der Waals surface area contributed by atoms with Crippen LogP contribution in [-0.4, -0.2) is 27.0 Å². The maximum Gasteiger partial charge on any atom is 0.265 e. The summed E-state index contributed by atoms with van der Waals surface area (Å²) in [6.45, 7) is -0.239. The van der Waals surface area contributed by atoms with Crippen molar-refractivity contribution in [3.05, 3.63) is 22.7 Å². The van der Waals surface area contributed by atoms with Crippen LogP contribution >= 0.6 is 26.6 Å². The highest BCUT2D eigenvalue weighted by Crippen LogP contribution is 2.30. The summed E-state index contributed by atoms with van der Waals surface area (Å²) in [4.78, 5) is 11.3. The summed E-state index contributed by atoms with van der Waals surface area (Å²) >= 11 is 3.15. The molecule has 0 unspecified atom stereocenters. The van der Waals surface area contributed by atoms with Gasteiger partial charge >= 0.3 is 0 Å². The van der Waals surface area contributed by atoms with E-state index in [0.717, 1.165) is 12.8 Å². The summed E-state index contributed by atoms with van der Waals surface area (Å²) in [6.07, 6.45) is 1.96. The van der Waals surface area contributed by atoms with E-state index < -0.39 is 9.05 Å². The van der Waals surface area contributed by atoms with Crippen LogP contribution in [0.25, 0.3) is 0 Å². The molecule has 1 aromatic carbocycles. The molecule has 0 aromatic heterocycles. The highest BCUT2D eigenvalue weighted by atomic mass is 79.9. The van der Waals surface area contributed by atoms with Gasteiger partial charge in [-0.05, 0) is 31.0 Å². The fourth-order valence-corrected chi connectivity index (χ4v) is 2.94. The highest BCUT2D eigenvalue weighted by Gasteiger charge is 2.24. The zero-order valence-electron chi connectivity index (χ0n) is 9.73. The van der Waals surface area contributed by atoms with Crippen molar-refractivity contribution in [2.45, 2.75) is 23.8 Å². The molecule has 8 heteroatoms. The lowest BCUT2D eigenvalue weighted by Gasteiger charge is -2.10. The number of halogens is 2. The second-order valence-corrected chi connectivity index (χ2v) is 7.61. The quantitative estimate of drug-likeness (QED) is 0.807. The van der Waals surface area contributed by atoms with E-state index >= 15 is 0 Å². The van der Waals surface area contributed by atoms with Crippen LogP contribution in [0.4, 0.5) is 0 Å². The third kappa shape index (κ3) is 4.36. The van der Waals surface area contributed by atoms with E-state index in [-0.39, 0.29) is 29.2 Å². The van der Waals surface area contributed by atoms with Gasteiger partial charge in [0.15, 0.2) is 6.61 Å². The van der Waals surface area contributed by atoms with Gasteiger partial charge in [-0.2, -0.15) is 0 Å². The van der Waals surface area contributed by atoms with Crippen LogP contribution in [0.3, 0.4) is 0 Å². The van der Waals surface area contributed by atoms with Crippen molar-refractivity contribution in [2.24, 2.45) is 0 Å². The molecule has 1 aromatic rings. The molecule has 1 fully saturated rings. The van der Waals surface area contributed by atoms with E-state index in [1.165, 1.54) is 12.1 Å². The lowest BCUT2D eigenvalue weighted by molar-refractivity contribution is -0.123. The number of rotatable bonds is 5. The Morgan fingerprint density at radius 3 is 2.74 bits per heavy atom. The summed E-state index contributed by atoms with van der Waals surface area (Å²) in [5.74, 6) is -0.215. The fraction of sp³-hybridized carbons (Fsp3) is 0.364. The summed E-state index contributed by atoms with van der Waals surface area (Å²) in [7, 11) is 1.39. The molecule has 0 aliphatic heterocycles. The van der Waals surface area contributed by atoms with Crippen molar-refractivity contribution < 1.29 is 17.9 Å². The Labute approximate surface area is 123 Å². The van der Waals surface area contributed by atoms with Crippen molar-refractivity contribution in [3.63, 3.8) is 0 Å². The van der Waals surface area contributed by atoms with Crippen LogP contribution in [0.2, 0.25) is 0 Å². The minimum absolute atomic E-state index is 0.0594. The largest absolute Gasteiger partial charge is 0.482 e. The highest BCUT2D eigenvalue weighted by molar-refractivity contribution is 9.10. The monoisotopic (exact) mass is 367 g/mol. The number of hydrogen-bond acceptors (Lipinski definition) is 4. The minimum Gasteiger partial charge on any atom is -0.482 e. The van der Waals surface area contributed by atoms with Crippen LogP contribution in [0.15, 0.2) is 27.6 Å². The Bertz CT molecular complexity index is 601. The Hall–Kier alpha value is -0.790. The number of nitrogens with one attached hydrogen (secondary N) is 1. The van der Waals surface area contributed by atoms with Gasteiger partial charge in [-0.15, -0.1) is 0 Å². The molecule has 1 amide bonds. The molecule has 1 aliphatic carbocycles. The number of amides is 1. The molecule has 1 N–H and O–H groups in total. The zero-order valence-corrected chi connectivity index (χ0v) is 12.9. The van der Waals surface area contributed by atoms with Gasteiger partial charge in [0, 0.05) is 21.2 Å². The molecule has 5 nitrogen and oxygen atoms in total. The maximum absolute atomic E-state index is 11.5. The normalized spacial score (nSPS) is 15.1. The smallest absolute Gasteiger partial charge is 0.265 e. The third-order valence-corrected chi connectivity index (χ3v) is 4.31. The van der Waals surface area contributed by atoms with Gasteiger partial charge in [0.2, 0.25) is 0 Å². The minimum atomic E-state index is -3.93. The van der Waals surface area contributed by atoms with E-state index in [9.17, 15) is 13.2 Å². The van der Waals surface area contributed by atoms with Gasteiger partial charge in [-0.3, -0.25) is 4.79 Å². The number of benzene rings is 1. The molecule has 104 valence electrons. The number of carbonyl (C=O) groups is 1. The fourth-order valence-electron chi connectivity index (χ4n) is 1.43. The second kappa shape index (κ2) is 5.68. The molecule has 1 saturated carbocycles. The van der Waals surface area contributed by atoms with E-state index in [1.807, 2.05) is 0 Å². The molecular weight excluding hydrogens is 358 g/mol. The van der Waals surface area contributed by atoms with E-state index in [1.54, 1.807) is 6.07 Å². The van der Waals surface area contributed by atoms with Gasteiger partial charge in [-0.1, -0.05) is 15.9 Å². The molecule has 0 bridgehead atoms. The standard InChI is InChI=1S/C11H11BrClNO4S/c12-7-1-4-9(10(5-7)19(13,16)17)18-6-11(15)14-8-2-3-8/h1,4-5,8H,2-3,6H2,(H,14,15). The van der Waals surface area contributed by atoms with E-state index in [4.69, 9.17) is 15.4 Å². The molecule has 0 atom stereocenters. The van der Waals surface area contributed by atoms with E-state index in [0.29, 0.717) is 4.47 Å². The van der Waals surface area contributed by atoms with Crippen LogP contribution < -0.4 is 10.1 Å². The summed E-state index contributed by atoms with van der Waals surface area (Å²) in [5, 5.41) is 2.74. The lowest BCUT2D eigenvalue weighted by atomic mass is 10.3. The van der Waals surface area contributed by atoms with Crippen molar-refractivity contribution in [3.8, 4) is 5.75 Å². The first kappa shape index (κ1) is 14.6. The number of ether oxygens (including phenoxy) is 1. The number of hydrogen-bond donors (Lipinski definition) is 1. The topological polar surface area (TPSA) is 72.5 Å². The summed E-state index contributed by atoms with van der Waals surface area (Å²) in [5.41, 5.74) is 0. The summed E-state index contributed by atoms with van der Waals surface area (Å²) in [6, 6.07) is 4.62. The van der Waals surface area contributed by atoms with Gasteiger partial charge in [0.1, 0.15) is 10.6 Å². The first-order valence-electron chi connectivity index (χ1n) is 5.52. The average Bonchev–Trinajstić information content (AvgIpc) is 3.10. The average molecular weight is 369 g/mol. The first-order valence-corrected chi connectivity index (χ1v) is 8.63. The van der Waals surface area contributed by atoms with Gasteiger partial charge in [0.05, 0.1) is 0 Å². The molecule has 1 aliphatic rings. The van der Waals surface area contributed by atoms with Crippen LogP contribution in [0, 0.1) is 0 Å². The van der Waals surface area contributed by atoms with Crippen LogP contribution in [0.1, 0.15) is 12.8 Å². The SMILES string of the molecule is O=C(COc1ccc(Br)cc1S(=O)(=O)Cl)NC1CC1. The molecular formula is C11H11BrClNO4S. The van der Waals surface area contributed by atoms with Crippen molar-refractivity contribution in [2.75, 3.05) is 6.61 Å². The summed E-state index contributed by atoms with van der Waals surface area (Å²) < 4.78 is 28.6. The molecule has 0 saturated heterocycles. The maximum atomic E-state index is 11.5. The molecule has 0 spiro atoms. The van der Waals surface area contributed by atoms with Crippen molar-refractivity contribution in [1.29, 1.82) is 0 Å². The Kier molecular flexibility index (Phi) is 4.37. The predicted molar refractivity (Wildman–Crippen MR) is 73.8 cm³/mol.